The smallest absolute Gasteiger partial charge is 0.328 e. The summed E-state index contributed by atoms with van der Waals surface area (Å²) in [5.41, 5.74) is 3.75. The van der Waals surface area contributed by atoms with Crippen molar-refractivity contribution >= 4 is 33.3 Å². The molecule has 0 unspecified atom stereocenters. The summed E-state index contributed by atoms with van der Waals surface area (Å²) >= 11 is 1.37. The molecule has 5 rings (SSSR count). The third-order valence-corrected chi connectivity index (χ3v) is 7.75. The van der Waals surface area contributed by atoms with Crippen molar-refractivity contribution in [3.05, 3.63) is 119 Å². The molecule has 5 aromatic rings. The van der Waals surface area contributed by atoms with Crippen LogP contribution in [0.3, 0.4) is 0 Å². The molecular weight excluding hydrogens is 541 g/mol. The maximum Gasteiger partial charge on any atom is 0.328 e. The van der Waals surface area contributed by atoms with Crippen molar-refractivity contribution in [3.8, 4) is 22.6 Å². The lowest BCUT2D eigenvalue weighted by molar-refractivity contribution is -0.142. The number of benzene rings is 4. The summed E-state index contributed by atoms with van der Waals surface area (Å²) in [7, 11) is 2.93. The first-order valence-electron chi connectivity index (χ1n) is 12.9. The van der Waals surface area contributed by atoms with Gasteiger partial charge >= 0.3 is 5.97 Å². The number of nitrogens with one attached hydrogen (secondary N) is 1. The Morgan fingerprint density at radius 3 is 2.15 bits per heavy atom. The Labute approximate surface area is 241 Å². The molecule has 6 nitrogen and oxygen atoms in total. The van der Waals surface area contributed by atoms with Gasteiger partial charge < -0.3 is 19.5 Å². The zero-order valence-corrected chi connectivity index (χ0v) is 23.4. The molecule has 0 fully saturated rings. The van der Waals surface area contributed by atoms with E-state index < -0.39 is 12.0 Å². The monoisotopic (exact) mass is 569 g/mol. The normalized spacial score (nSPS) is 11.6. The van der Waals surface area contributed by atoms with Crippen LogP contribution >= 0.6 is 11.3 Å². The van der Waals surface area contributed by atoms with Crippen LogP contribution in [0.1, 0.15) is 20.8 Å². The number of thiophene rings is 1. The Kier molecular flexibility index (Phi) is 8.60. The average molecular weight is 570 g/mol. The molecule has 4 aromatic carbocycles. The predicted octanol–water partition coefficient (Wildman–Crippen LogP) is 6.81. The number of carbonyl (C=O) groups is 2. The number of fused-ring (bicyclic) bond motifs is 1. The van der Waals surface area contributed by atoms with Crippen LogP contribution in [-0.4, -0.2) is 32.1 Å². The van der Waals surface area contributed by atoms with Crippen molar-refractivity contribution in [1.82, 2.24) is 5.32 Å². The van der Waals surface area contributed by atoms with Crippen molar-refractivity contribution in [2.75, 3.05) is 14.2 Å². The van der Waals surface area contributed by atoms with E-state index in [-0.39, 0.29) is 18.1 Å². The molecule has 1 N–H and O–H groups in total. The molecule has 1 amide bonds. The number of esters is 1. The quantitative estimate of drug-likeness (QED) is 0.187. The molecule has 0 saturated heterocycles. The van der Waals surface area contributed by atoms with Gasteiger partial charge in [0.2, 0.25) is 0 Å². The fourth-order valence-corrected chi connectivity index (χ4v) is 5.33. The highest BCUT2D eigenvalue weighted by molar-refractivity contribution is 7.20. The lowest BCUT2D eigenvalue weighted by atomic mass is 10.0. The SMILES string of the molecule is COC(=O)[C@H](Cc1ccc(OCc2ccc(F)cc2)cc1)NC(=O)c1cc2cc(-c3ccc(OC)cc3)ccc2s1. The van der Waals surface area contributed by atoms with E-state index in [2.05, 4.69) is 5.32 Å². The van der Waals surface area contributed by atoms with Crippen LogP contribution in [0.15, 0.2) is 97.1 Å². The van der Waals surface area contributed by atoms with Crippen LogP contribution < -0.4 is 14.8 Å². The van der Waals surface area contributed by atoms with E-state index in [0.717, 1.165) is 38.1 Å². The van der Waals surface area contributed by atoms with Crippen molar-refractivity contribution in [3.63, 3.8) is 0 Å². The van der Waals surface area contributed by atoms with Gasteiger partial charge in [0, 0.05) is 11.1 Å². The molecule has 0 aliphatic carbocycles. The summed E-state index contributed by atoms with van der Waals surface area (Å²) in [4.78, 5) is 26.3. The Morgan fingerprint density at radius 1 is 0.805 bits per heavy atom. The highest BCUT2D eigenvalue weighted by Gasteiger charge is 2.24. The Balaban J connectivity index is 1.25. The minimum Gasteiger partial charge on any atom is -0.497 e. The van der Waals surface area contributed by atoms with Gasteiger partial charge in [-0.2, -0.15) is 0 Å². The van der Waals surface area contributed by atoms with Gasteiger partial charge in [-0.1, -0.05) is 42.5 Å². The summed E-state index contributed by atoms with van der Waals surface area (Å²) in [5, 5.41) is 3.78. The average Bonchev–Trinajstić information content (AvgIpc) is 3.44. The zero-order valence-electron chi connectivity index (χ0n) is 22.6. The Bertz CT molecular complexity index is 1650. The van der Waals surface area contributed by atoms with Crippen molar-refractivity contribution < 1.29 is 28.2 Å². The number of carbonyl (C=O) groups excluding carboxylic acids is 2. The van der Waals surface area contributed by atoms with Crippen LogP contribution in [-0.2, 0) is 22.6 Å². The van der Waals surface area contributed by atoms with E-state index >= 15 is 0 Å². The van der Waals surface area contributed by atoms with Gasteiger partial charge in [-0.05, 0) is 82.2 Å². The minimum absolute atomic E-state index is 0.253. The third-order valence-electron chi connectivity index (χ3n) is 6.64. The molecule has 1 heterocycles. The van der Waals surface area contributed by atoms with Gasteiger partial charge in [-0.15, -0.1) is 11.3 Å². The largest absolute Gasteiger partial charge is 0.497 e. The number of ether oxygens (including phenoxy) is 3. The zero-order chi connectivity index (χ0) is 28.8. The van der Waals surface area contributed by atoms with Gasteiger partial charge in [-0.3, -0.25) is 4.79 Å². The summed E-state index contributed by atoms with van der Waals surface area (Å²) in [6, 6.07) is 28.2. The van der Waals surface area contributed by atoms with Crippen LogP contribution in [0.25, 0.3) is 21.2 Å². The van der Waals surface area contributed by atoms with E-state index in [1.807, 2.05) is 60.7 Å². The van der Waals surface area contributed by atoms with E-state index in [4.69, 9.17) is 14.2 Å². The van der Waals surface area contributed by atoms with Gasteiger partial charge in [0.15, 0.2) is 0 Å². The maximum absolute atomic E-state index is 13.2. The second-order valence-electron chi connectivity index (χ2n) is 9.40. The molecular formula is C33H28FNO5S. The number of hydrogen-bond donors (Lipinski definition) is 1. The first-order chi connectivity index (χ1) is 19.9. The van der Waals surface area contributed by atoms with Crippen LogP contribution in [0.2, 0.25) is 0 Å². The minimum atomic E-state index is -0.862. The molecule has 8 heteroatoms. The van der Waals surface area contributed by atoms with E-state index in [1.165, 1.54) is 30.6 Å². The van der Waals surface area contributed by atoms with Gasteiger partial charge in [0.25, 0.3) is 5.91 Å². The molecule has 0 saturated carbocycles. The highest BCUT2D eigenvalue weighted by atomic mass is 32.1. The van der Waals surface area contributed by atoms with Crippen molar-refractivity contribution in [2.45, 2.75) is 19.1 Å². The standard InChI is InChI=1S/C33H28FNO5S/c1-38-27-14-7-23(8-15-27)24-9-16-30-25(18-24)19-31(41-30)32(36)35-29(33(37)39-2)17-21-5-12-28(13-6-21)40-20-22-3-10-26(34)11-4-22/h3-16,18-19,29H,17,20H2,1-2H3,(H,35,36)/t29-/m0/s1. The van der Waals surface area contributed by atoms with Crippen molar-refractivity contribution in [1.29, 1.82) is 0 Å². The lowest BCUT2D eigenvalue weighted by Gasteiger charge is -2.16. The van der Waals surface area contributed by atoms with E-state index in [9.17, 15) is 14.0 Å². The van der Waals surface area contributed by atoms with E-state index in [0.29, 0.717) is 17.2 Å². The summed E-state index contributed by atoms with van der Waals surface area (Å²) in [6.07, 6.45) is 0.253. The summed E-state index contributed by atoms with van der Waals surface area (Å²) in [6.45, 7) is 0.303. The molecule has 208 valence electrons. The first-order valence-corrected chi connectivity index (χ1v) is 13.8. The highest BCUT2D eigenvalue weighted by Crippen LogP contribution is 2.31. The van der Waals surface area contributed by atoms with E-state index in [1.54, 1.807) is 31.4 Å². The first kappa shape index (κ1) is 27.9. The predicted molar refractivity (Wildman–Crippen MR) is 158 cm³/mol. The number of methoxy groups -OCH3 is 2. The Morgan fingerprint density at radius 2 is 1.46 bits per heavy atom. The molecule has 41 heavy (non-hydrogen) atoms. The summed E-state index contributed by atoms with van der Waals surface area (Å²) in [5.74, 6) is 0.257. The van der Waals surface area contributed by atoms with Gasteiger partial charge in [0.1, 0.15) is 30.0 Å². The molecule has 0 spiro atoms. The van der Waals surface area contributed by atoms with Gasteiger partial charge in [-0.25, -0.2) is 9.18 Å². The Hall–Kier alpha value is -4.69. The molecule has 0 bridgehead atoms. The number of amides is 1. The van der Waals surface area contributed by atoms with Crippen LogP contribution in [0, 0.1) is 5.82 Å². The van der Waals surface area contributed by atoms with Crippen molar-refractivity contribution in [2.24, 2.45) is 0 Å². The fourth-order valence-electron chi connectivity index (χ4n) is 4.39. The second kappa shape index (κ2) is 12.7. The number of hydrogen-bond acceptors (Lipinski definition) is 6. The number of halogens is 1. The topological polar surface area (TPSA) is 73.9 Å². The van der Waals surface area contributed by atoms with Gasteiger partial charge in [0.05, 0.1) is 19.1 Å². The summed E-state index contributed by atoms with van der Waals surface area (Å²) < 4.78 is 30.0. The van der Waals surface area contributed by atoms with Crippen LogP contribution in [0.5, 0.6) is 11.5 Å². The molecule has 1 atom stereocenters. The third kappa shape index (κ3) is 6.91. The maximum atomic E-state index is 13.2. The molecule has 1 aromatic heterocycles. The number of rotatable bonds is 10. The van der Waals surface area contributed by atoms with Crippen LogP contribution in [0.4, 0.5) is 4.39 Å². The fraction of sp³-hybridized carbons (Fsp3) is 0.152. The molecule has 0 radical (unpaired) electrons. The second-order valence-corrected chi connectivity index (χ2v) is 10.5. The lowest BCUT2D eigenvalue weighted by Crippen LogP contribution is -2.42. The molecule has 0 aliphatic heterocycles. The molecule has 0 aliphatic rings.